The molecule has 1 N–H and O–H groups in total. The van der Waals surface area contributed by atoms with E-state index in [9.17, 15) is 18.0 Å². The molecule has 7 heteroatoms. The average Bonchev–Trinajstić information content (AvgIpc) is 3.10. The molecule has 1 heterocycles. The monoisotopic (exact) mass is 295 g/mol. The van der Waals surface area contributed by atoms with E-state index in [-0.39, 0.29) is 23.4 Å². The first-order chi connectivity index (χ1) is 9.36. The van der Waals surface area contributed by atoms with Gasteiger partial charge in [-0.3, -0.25) is 9.59 Å². The molecule has 0 spiro atoms. The van der Waals surface area contributed by atoms with Gasteiger partial charge in [-0.05, 0) is 30.4 Å². The SMILES string of the molecule is O=C(O)CC1(CN2C(=O)c3ccccc3S2(=O)=O)CC1. The number of carbonyl (C=O) groups excluding carboxylic acids is 1. The van der Waals surface area contributed by atoms with Crippen molar-refractivity contribution >= 4 is 21.9 Å². The Hall–Kier alpha value is -1.89. The summed E-state index contributed by atoms with van der Waals surface area (Å²) in [7, 11) is -3.83. The molecular formula is C13H13NO5S. The van der Waals surface area contributed by atoms with Gasteiger partial charge in [-0.25, -0.2) is 12.7 Å². The van der Waals surface area contributed by atoms with Crippen molar-refractivity contribution in [3.8, 4) is 0 Å². The molecule has 1 fully saturated rings. The Bertz CT molecular complexity index is 705. The van der Waals surface area contributed by atoms with E-state index in [2.05, 4.69) is 0 Å². The Balaban J connectivity index is 1.93. The van der Waals surface area contributed by atoms with E-state index >= 15 is 0 Å². The average molecular weight is 295 g/mol. The van der Waals surface area contributed by atoms with Gasteiger partial charge < -0.3 is 5.11 Å². The lowest BCUT2D eigenvalue weighted by Gasteiger charge is -2.21. The van der Waals surface area contributed by atoms with Gasteiger partial charge in [-0.1, -0.05) is 12.1 Å². The van der Waals surface area contributed by atoms with Gasteiger partial charge in [0.2, 0.25) is 0 Å². The largest absolute Gasteiger partial charge is 0.481 e. The van der Waals surface area contributed by atoms with Gasteiger partial charge in [0.05, 0.1) is 12.0 Å². The van der Waals surface area contributed by atoms with Crippen LogP contribution in [0.2, 0.25) is 0 Å². The molecule has 20 heavy (non-hydrogen) atoms. The molecule has 2 aliphatic rings. The highest BCUT2D eigenvalue weighted by molar-refractivity contribution is 7.90. The van der Waals surface area contributed by atoms with Gasteiger partial charge in [0.1, 0.15) is 4.90 Å². The highest BCUT2D eigenvalue weighted by Crippen LogP contribution is 2.50. The maximum absolute atomic E-state index is 12.3. The van der Waals surface area contributed by atoms with Crippen LogP contribution in [-0.2, 0) is 14.8 Å². The van der Waals surface area contributed by atoms with Crippen LogP contribution in [0.5, 0.6) is 0 Å². The standard InChI is InChI=1S/C13H13NO5S/c15-11(16)7-13(5-6-13)8-14-12(17)9-3-1-2-4-10(9)20(14,18)19/h1-4H,5-8H2,(H,15,16). The molecule has 106 valence electrons. The summed E-state index contributed by atoms with van der Waals surface area (Å²) >= 11 is 0. The number of amides is 1. The van der Waals surface area contributed by atoms with Gasteiger partial charge in [-0.15, -0.1) is 0 Å². The number of carboxylic acid groups (broad SMARTS) is 1. The summed E-state index contributed by atoms with van der Waals surface area (Å²) in [4.78, 5) is 23.1. The first-order valence-electron chi connectivity index (χ1n) is 6.24. The van der Waals surface area contributed by atoms with Crippen molar-refractivity contribution in [2.24, 2.45) is 5.41 Å². The number of benzene rings is 1. The van der Waals surface area contributed by atoms with Crippen LogP contribution in [0.1, 0.15) is 29.6 Å². The first-order valence-corrected chi connectivity index (χ1v) is 7.68. The maximum atomic E-state index is 12.3. The highest BCUT2D eigenvalue weighted by Gasteiger charge is 2.51. The number of nitrogens with zero attached hydrogens (tertiary/aromatic N) is 1. The third kappa shape index (κ3) is 1.89. The summed E-state index contributed by atoms with van der Waals surface area (Å²) in [6, 6.07) is 6.06. The predicted molar refractivity (Wildman–Crippen MR) is 68.6 cm³/mol. The Morgan fingerprint density at radius 1 is 1.30 bits per heavy atom. The summed E-state index contributed by atoms with van der Waals surface area (Å²) in [5.41, 5.74) is -0.421. The van der Waals surface area contributed by atoms with Crippen LogP contribution in [0.25, 0.3) is 0 Å². The molecule has 1 amide bonds. The normalized spacial score (nSPS) is 21.6. The number of hydrogen-bond acceptors (Lipinski definition) is 4. The molecule has 0 saturated heterocycles. The summed E-state index contributed by atoms with van der Waals surface area (Å²) < 4.78 is 25.5. The van der Waals surface area contributed by atoms with Crippen LogP contribution < -0.4 is 0 Å². The minimum Gasteiger partial charge on any atom is -0.481 e. The number of carboxylic acids is 1. The molecule has 1 aliphatic carbocycles. The molecule has 1 saturated carbocycles. The number of rotatable bonds is 4. The molecule has 0 radical (unpaired) electrons. The zero-order chi connectivity index (χ0) is 14.5. The molecule has 0 bridgehead atoms. The molecule has 3 rings (SSSR count). The van der Waals surface area contributed by atoms with Gasteiger partial charge in [0.25, 0.3) is 15.9 Å². The Kier molecular flexibility index (Phi) is 2.66. The summed E-state index contributed by atoms with van der Waals surface area (Å²) in [5, 5.41) is 8.88. The van der Waals surface area contributed by atoms with Crippen LogP contribution in [0.3, 0.4) is 0 Å². The van der Waals surface area contributed by atoms with Crippen LogP contribution >= 0.6 is 0 Å². The highest BCUT2D eigenvalue weighted by atomic mass is 32.2. The summed E-state index contributed by atoms with van der Waals surface area (Å²) in [6.07, 6.45) is 1.16. The summed E-state index contributed by atoms with van der Waals surface area (Å²) in [5.74, 6) is -1.53. The van der Waals surface area contributed by atoms with Gasteiger partial charge in [0.15, 0.2) is 0 Å². The number of fused-ring (bicyclic) bond motifs is 1. The lowest BCUT2D eigenvalue weighted by molar-refractivity contribution is -0.138. The van der Waals surface area contributed by atoms with Crippen molar-refractivity contribution in [1.29, 1.82) is 0 Å². The van der Waals surface area contributed by atoms with Crippen LogP contribution in [0.4, 0.5) is 0 Å². The van der Waals surface area contributed by atoms with Crippen LogP contribution in [0.15, 0.2) is 29.2 Å². The Labute approximate surface area is 116 Å². The fourth-order valence-corrected chi connectivity index (χ4v) is 4.26. The predicted octanol–water partition coefficient (Wildman–Crippen LogP) is 1.09. The second-order valence-corrected chi connectivity index (χ2v) is 7.21. The smallest absolute Gasteiger partial charge is 0.303 e. The molecule has 1 aliphatic heterocycles. The van der Waals surface area contributed by atoms with Gasteiger partial charge in [0, 0.05) is 6.54 Å². The number of sulfonamides is 1. The topological polar surface area (TPSA) is 91.8 Å². The number of hydrogen-bond donors (Lipinski definition) is 1. The minimum atomic E-state index is -3.83. The molecule has 0 unspecified atom stereocenters. The van der Waals surface area contributed by atoms with E-state index in [1.54, 1.807) is 12.1 Å². The minimum absolute atomic E-state index is 0.0103. The van der Waals surface area contributed by atoms with Crippen LogP contribution in [0, 0.1) is 5.41 Å². The Morgan fingerprint density at radius 3 is 2.50 bits per heavy atom. The third-order valence-electron chi connectivity index (χ3n) is 3.87. The first kappa shape index (κ1) is 13.1. The van der Waals surface area contributed by atoms with Crippen LogP contribution in [-0.4, -0.2) is 36.3 Å². The second-order valence-electron chi connectivity index (χ2n) is 5.38. The molecular weight excluding hydrogens is 282 g/mol. The summed E-state index contributed by atoms with van der Waals surface area (Å²) in [6.45, 7) is -0.0465. The molecule has 0 atom stereocenters. The zero-order valence-electron chi connectivity index (χ0n) is 10.6. The zero-order valence-corrected chi connectivity index (χ0v) is 11.4. The van der Waals surface area contributed by atoms with E-state index in [1.165, 1.54) is 12.1 Å². The fourth-order valence-electron chi connectivity index (χ4n) is 2.58. The van der Waals surface area contributed by atoms with Crippen molar-refractivity contribution in [3.63, 3.8) is 0 Å². The van der Waals surface area contributed by atoms with Crippen molar-refractivity contribution in [3.05, 3.63) is 29.8 Å². The second kappa shape index (κ2) is 4.05. The lowest BCUT2D eigenvalue weighted by Crippen LogP contribution is -2.36. The lowest BCUT2D eigenvalue weighted by atomic mass is 10.0. The molecule has 0 aromatic heterocycles. The van der Waals surface area contributed by atoms with E-state index in [0.29, 0.717) is 12.8 Å². The van der Waals surface area contributed by atoms with Crippen molar-refractivity contribution in [1.82, 2.24) is 4.31 Å². The van der Waals surface area contributed by atoms with Crippen molar-refractivity contribution in [2.45, 2.75) is 24.2 Å². The van der Waals surface area contributed by atoms with Gasteiger partial charge >= 0.3 is 5.97 Å². The Morgan fingerprint density at radius 2 is 1.95 bits per heavy atom. The number of aliphatic carboxylic acids is 1. The van der Waals surface area contributed by atoms with E-state index in [1.807, 2.05) is 0 Å². The van der Waals surface area contributed by atoms with Gasteiger partial charge in [-0.2, -0.15) is 0 Å². The van der Waals surface area contributed by atoms with E-state index < -0.39 is 27.3 Å². The number of carbonyl (C=O) groups is 2. The van der Waals surface area contributed by atoms with E-state index in [0.717, 1.165) is 4.31 Å². The molecule has 6 nitrogen and oxygen atoms in total. The van der Waals surface area contributed by atoms with E-state index in [4.69, 9.17) is 5.11 Å². The maximum Gasteiger partial charge on any atom is 0.303 e. The van der Waals surface area contributed by atoms with Crippen molar-refractivity contribution in [2.75, 3.05) is 6.54 Å². The quantitative estimate of drug-likeness (QED) is 0.897. The van der Waals surface area contributed by atoms with Crippen molar-refractivity contribution < 1.29 is 23.1 Å². The fraction of sp³-hybridized carbons (Fsp3) is 0.385. The molecule has 1 aromatic rings. The molecule has 1 aromatic carbocycles. The third-order valence-corrected chi connectivity index (χ3v) is 5.66.